The van der Waals surface area contributed by atoms with Crippen LogP contribution in [0.2, 0.25) is 0 Å². The van der Waals surface area contributed by atoms with Gasteiger partial charge in [0.25, 0.3) is 0 Å². The Labute approximate surface area is 204 Å². The number of carbonyl (C=O) groups is 4. The maximum absolute atomic E-state index is 12.9. The highest BCUT2D eigenvalue weighted by Gasteiger charge is 2.87. The minimum Gasteiger partial charge on any atom is -0.461 e. The standard InChI is InChI=1S/C26H32O9/c1-13-8-10-18(31-15(3)27)24(6)19(32-16(4)28)11-9-14(2)21(24)22(33-17(5)29)26-20(12-13)34-23(30)25(26,7)35-26/h8-10,12,18-22H,11H2,1-7H3/b10-8+,13-12-/t18-,19-,20-,21+,22-,24-,25-,26-/m0/s1. The quantitative estimate of drug-likeness (QED) is 0.256. The van der Waals surface area contributed by atoms with Crippen LogP contribution in [-0.2, 0) is 42.9 Å². The Hall–Kier alpha value is -2.94. The second-order valence-electron chi connectivity index (χ2n) is 10.2. The van der Waals surface area contributed by atoms with Crippen molar-refractivity contribution in [1.29, 1.82) is 0 Å². The van der Waals surface area contributed by atoms with Gasteiger partial charge >= 0.3 is 23.9 Å². The van der Waals surface area contributed by atoms with Gasteiger partial charge < -0.3 is 23.7 Å². The molecule has 0 aromatic carbocycles. The van der Waals surface area contributed by atoms with Crippen molar-refractivity contribution >= 4 is 23.9 Å². The molecule has 2 fully saturated rings. The number of hydrogen-bond acceptors (Lipinski definition) is 9. The van der Waals surface area contributed by atoms with E-state index in [0.29, 0.717) is 6.42 Å². The van der Waals surface area contributed by atoms with Crippen molar-refractivity contribution in [1.82, 2.24) is 0 Å². The average molecular weight is 489 g/mol. The van der Waals surface area contributed by atoms with E-state index in [4.69, 9.17) is 23.7 Å². The summed E-state index contributed by atoms with van der Waals surface area (Å²) in [6.45, 7) is 11.1. The third-order valence-corrected chi connectivity index (χ3v) is 7.81. The molecule has 8 atom stereocenters. The number of epoxide rings is 1. The summed E-state index contributed by atoms with van der Waals surface area (Å²) in [4.78, 5) is 49.7. The van der Waals surface area contributed by atoms with Gasteiger partial charge in [0.05, 0.1) is 5.41 Å². The average Bonchev–Trinajstić information content (AvgIpc) is 3.32. The van der Waals surface area contributed by atoms with Crippen LogP contribution in [0.1, 0.15) is 54.9 Å². The Balaban J connectivity index is 2.01. The molecule has 0 aromatic heterocycles. The first-order chi connectivity index (χ1) is 16.3. The molecule has 0 N–H and O–H groups in total. The molecule has 9 heteroatoms. The van der Waals surface area contributed by atoms with Gasteiger partial charge in [-0.25, -0.2) is 4.79 Å². The molecule has 0 unspecified atom stereocenters. The van der Waals surface area contributed by atoms with Crippen LogP contribution in [0.25, 0.3) is 0 Å². The van der Waals surface area contributed by atoms with Crippen molar-refractivity contribution in [3.05, 3.63) is 35.5 Å². The Morgan fingerprint density at radius 1 is 1.00 bits per heavy atom. The van der Waals surface area contributed by atoms with Crippen molar-refractivity contribution in [3.8, 4) is 0 Å². The molecular formula is C26H32O9. The van der Waals surface area contributed by atoms with Gasteiger partial charge in [-0.15, -0.1) is 0 Å². The largest absolute Gasteiger partial charge is 0.461 e. The smallest absolute Gasteiger partial charge is 0.342 e. The van der Waals surface area contributed by atoms with Crippen molar-refractivity contribution in [2.24, 2.45) is 11.3 Å². The lowest BCUT2D eigenvalue weighted by Gasteiger charge is -2.52. The number of ether oxygens (including phenoxy) is 5. The number of esters is 4. The predicted molar refractivity (Wildman–Crippen MR) is 122 cm³/mol. The zero-order valence-corrected chi connectivity index (χ0v) is 21.1. The van der Waals surface area contributed by atoms with E-state index in [1.54, 1.807) is 25.2 Å². The normalized spacial score (nSPS) is 44.1. The molecule has 0 aromatic rings. The third-order valence-electron chi connectivity index (χ3n) is 7.81. The van der Waals surface area contributed by atoms with E-state index in [9.17, 15) is 19.2 Å². The molecule has 35 heavy (non-hydrogen) atoms. The maximum Gasteiger partial charge on any atom is 0.342 e. The fourth-order valence-corrected chi connectivity index (χ4v) is 6.14. The van der Waals surface area contributed by atoms with Gasteiger partial charge in [0, 0.05) is 33.1 Å². The molecular weight excluding hydrogens is 456 g/mol. The molecule has 2 aliphatic carbocycles. The second kappa shape index (κ2) is 8.33. The number of carbonyl (C=O) groups excluding carboxylic acids is 4. The number of fused-ring (bicyclic) bond motifs is 1. The van der Waals surface area contributed by atoms with Crippen molar-refractivity contribution < 1.29 is 42.9 Å². The summed E-state index contributed by atoms with van der Waals surface area (Å²) in [7, 11) is 0. The van der Waals surface area contributed by atoms with Crippen LogP contribution >= 0.6 is 0 Å². The lowest BCUT2D eigenvalue weighted by molar-refractivity contribution is -0.191. The summed E-state index contributed by atoms with van der Waals surface area (Å²) in [6, 6.07) is 0. The zero-order valence-electron chi connectivity index (χ0n) is 21.1. The van der Waals surface area contributed by atoms with Crippen molar-refractivity contribution in [2.75, 3.05) is 0 Å². The predicted octanol–water partition coefficient (Wildman–Crippen LogP) is 2.72. The zero-order chi connectivity index (χ0) is 25.9. The number of hydrogen-bond donors (Lipinski definition) is 0. The second-order valence-corrected chi connectivity index (χ2v) is 10.2. The summed E-state index contributed by atoms with van der Waals surface area (Å²) in [5.41, 5.74) is -2.15. The lowest BCUT2D eigenvalue weighted by Crippen LogP contribution is -2.61. The molecule has 4 rings (SSSR count). The fourth-order valence-electron chi connectivity index (χ4n) is 6.14. The van der Waals surface area contributed by atoms with Crippen LogP contribution < -0.4 is 0 Å². The van der Waals surface area contributed by atoms with Crippen LogP contribution in [0.3, 0.4) is 0 Å². The first-order valence-corrected chi connectivity index (χ1v) is 11.7. The molecule has 0 radical (unpaired) electrons. The van der Waals surface area contributed by atoms with E-state index in [-0.39, 0.29) is 0 Å². The summed E-state index contributed by atoms with van der Waals surface area (Å²) in [6.07, 6.45) is 4.17. The molecule has 4 aliphatic rings. The number of allylic oxidation sites excluding steroid dienone is 2. The van der Waals surface area contributed by atoms with E-state index < -0.39 is 70.8 Å². The maximum atomic E-state index is 12.9. The summed E-state index contributed by atoms with van der Waals surface area (Å²) in [5, 5.41) is 0. The fraction of sp³-hybridized carbons (Fsp3) is 0.615. The molecule has 0 saturated carbocycles. The molecule has 0 amide bonds. The first kappa shape index (κ1) is 25.2. The van der Waals surface area contributed by atoms with Gasteiger partial charge in [0.2, 0.25) is 0 Å². The van der Waals surface area contributed by atoms with Gasteiger partial charge in [0.1, 0.15) is 18.3 Å². The van der Waals surface area contributed by atoms with Crippen molar-refractivity contribution in [2.45, 2.75) is 90.5 Å². The molecule has 2 saturated heterocycles. The Morgan fingerprint density at radius 3 is 2.20 bits per heavy atom. The Morgan fingerprint density at radius 2 is 1.63 bits per heavy atom. The molecule has 2 heterocycles. The topological polar surface area (TPSA) is 118 Å². The van der Waals surface area contributed by atoms with Gasteiger partial charge in [-0.2, -0.15) is 0 Å². The minimum atomic E-state index is -1.33. The summed E-state index contributed by atoms with van der Waals surface area (Å²) in [5.74, 6) is -2.77. The minimum absolute atomic E-state index is 0.371. The SMILES string of the molecule is CC(=O)O[C@H]1/C=C/C(C)=C\[C@@H]2OC(=O)[C@]3(C)O[C@]23[C@@H](OC(C)=O)[C@H]2C(C)=CC[C@H](OC(C)=O)[C@]12C. The number of rotatable bonds is 3. The molecule has 0 bridgehead atoms. The van der Waals surface area contributed by atoms with Gasteiger partial charge in [0.15, 0.2) is 17.3 Å². The first-order valence-electron chi connectivity index (χ1n) is 11.7. The molecule has 190 valence electrons. The van der Waals surface area contributed by atoms with E-state index in [2.05, 4.69) is 0 Å². The van der Waals surface area contributed by atoms with Gasteiger partial charge in [-0.3, -0.25) is 14.4 Å². The van der Waals surface area contributed by atoms with E-state index in [1.807, 2.05) is 26.8 Å². The summed E-state index contributed by atoms with van der Waals surface area (Å²) < 4.78 is 29.4. The van der Waals surface area contributed by atoms with Crippen molar-refractivity contribution in [3.63, 3.8) is 0 Å². The highest BCUT2D eigenvalue weighted by atomic mass is 16.7. The Bertz CT molecular complexity index is 1070. The summed E-state index contributed by atoms with van der Waals surface area (Å²) >= 11 is 0. The van der Waals surface area contributed by atoms with Crippen LogP contribution in [0.5, 0.6) is 0 Å². The van der Waals surface area contributed by atoms with E-state index >= 15 is 0 Å². The highest BCUT2D eigenvalue weighted by Crippen LogP contribution is 2.65. The van der Waals surface area contributed by atoms with E-state index in [0.717, 1.165) is 11.1 Å². The van der Waals surface area contributed by atoms with Crippen LogP contribution in [0, 0.1) is 11.3 Å². The van der Waals surface area contributed by atoms with Gasteiger partial charge in [-0.1, -0.05) is 30.2 Å². The lowest BCUT2D eigenvalue weighted by atomic mass is 9.57. The van der Waals surface area contributed by atoms with Gasteiger partial charge in [-0.05, 0) is 32.9 Å². The molecule has 1 spiro atoms. The van der Waals surface area contributed by atoms with E-state index in [1.165, 1.54) is 20.8 Å². The van der Waals surface area contributed by atoms with Crippen LogP contribution in [0.4, 0.5) is 0 Å². The highest BCUT2D eigenvalue weighted by molar-refractivity contribution is 5.89. The molecule has 2 aliphatic heterocycles. The monoisotopic (exact) mass is 488 g/mol. The van der Waals surface area contributed by atoms with Crippen LogP contribution in [0.15, 0.2) is 35.5 Å². The Kier molecular flexibility index (Phi) is 5.99. The van der Waals surface area contributed by atoms with Crippen LogP contribution in [-0.4, -0.2) is 59.5 Å². The molecule has 9 nitrogen and oxygen atoms in total. The third kappa shape index (κ3) is 3.71.